The lowest BCUT2D eigenvalue weighted by Crippen LogP contribution is -2.41. The molecule has 0 unspecified atom stereocenters. The van der Waals surface area contributed by atoms with Gasteiger partial charge >= 0.3 is 11.9 Å². The lowest BCUT2D eigenvalue weighted by atomic mass is 10.0. The van der Waals surface area contributed by atoms with Gasteiger partial charge in [0.15, 0.2) is 0 Å². The van der Waals surface area contributed by atoms with Gasteiger partial charge in [-0.3, -0.25) is 0 Å². The predicted octanol–water partition coefficient (Wildman–Crippen LogP) is 3.10. The molecule has 2 N–H and O–H groups in total. The van der Waals surface area contributed by atoms with Crippen molar-refractivity contribution in [2.45, 2.75) is 18.9 Å². The Morgan fingerprint density at radius 3 is 2.63 bits per heavy atom. The molecule has 0 saturated carbocycles. The van der Waals surface area contributed by atoms with E-state index in [0.717, 1.165) is 18.2 Å². The van der Waals surface area contributed by atoms with Gasteiger partial charge in [-0.15, -0.1) is 12.4 Å². The Hall–Kier alpha value is -0.980. The summed E-state index contributed by atoms with van der Waals surface area (Å²) in [5.74, 6) is -6.52. The van der Waals surface area contributed by atoms with Gasteiger partial charge in [0.05, 0.1) is 6.61 Å². The fraction of sp³-hybridized carbons (Fsp3) is 0.364. The number of hydrogen-bond acceptors (Lipinski definition) is 3. The molecule has 1 aromatic rings. The molecule has 0 radical (unpaired) electrons. The van der Waals surface area contributed by atoms with Crippen LogP contribution in [0.15, 0.2) is 18.2 Å². The second kappa shape index (κ2) is 6.98. The van der Waals surface area contributed by atoms with Crippen LogP contribution in [0.5, 0.6) is 0 Å². The van der Waals surface area contributed by atoms with Crippen LogP contribution in [0.4, 0.5) is 13.2 Å². The van der Waals surface area contributed by atoms with E-state index in [1.54, 1.807) is 0 Å². The minimum atomic E-state index is -3.98. The summed E-state index contributed by atoms with van der Waals surface area (Å²) in [4.78, 5) is 11.1. The summed E-state index contributed by atoms with van der Waals surface area (Å²) in [5.41, 5.74) is 4.92. The van der Waals surface area contributed by atoms with E-state index >= 15 is 0 Å². The molecule has 0 aliphatic carbocycles. The Morgan fingerprint density at radius 2 is 2.11 bits per heavy atom. The van der Waals surface area contributed by atoms with Crippen LogP contribution >= 0.6 is 24.0 Å². The average Bonchev–Trinajstić information content (AvgIpc) is 2.31. The first-order valence-electron chi connectivity index (χ1n) is 5.06. The van der Waals surface area contributed by atoms with E-state index in [9.17, 15) is 18.0 Å². The maximum absolute atomic E-state index is 13.6. The number of ether oxygens (including phenoxy) is 1. The lowest BCUT2D eigenvalue weighted by molar-refractivity contribution is -0.174. The van der Waals surface area contributed by atoms with E-state index < -0.39 is 23.8 Å². The molecule has 108 valence electrons. The number of nitrogens with two attached hydrogens (primary N) is 1. The highest BCUT2D eigenvalue weighted by Crippen LogP contribution is 2.34. The van der Waals surface area contributed by atoms with Gasteiger partial charge in [0.25, 0.3) is 0 Å². The molecule has 8 heteroatoms. The SMILES string of the molecule is CCOC(=O)C(F)(F)[C@@H](N)c1cc(F)ccc1Cl.Cl. The zero-order valence-electron chi connectivity index (χ0n) is 9.83. The van der Waals surface area contributed by atoms with Gasteiger partial charge < -0.3 is 10.5 Å². The number of halogens is 5. The van der Waals surface area contributed by atoms with Crippen LogP contribution in [-0.2, 0) is 9.53 Å². The normalized spacial score (nSPS) is 12.5. The highest BCUT2D eigenvalue weighted by molar-refractivity contribution is 6.31. The van der Waals surface area contributed by atoms with Crippen LogP contribution in [0.25, 0.3) is 0 Å². The zero-order chi connectivity index (χ0) is 13.9. The van der Waals surface area contributed by atoms with Crippen molar-refractivity contribution >= 4 is 30.0 Å². The number of rotatable bonds is 4. The van der Waals surface area contributed by atoms with Gasteiger partial charge in [-0.1, -0.05) is 11.6 Å². The molecule has 1 rings (SSSR count). The quantitative estimate of drug-likeness (QED) is 0.868. The van der Waals surface area contributed by atoms with Crippen molar-refractivity contribution in [2.24, 2.45) is 5.73 Å². The Kier molecular flexibility index (Phi) is 6.62. The number of benzene rings is 1. The van der Waals surface area contributed by atoms with E-state index in [4.69, 9.17) is 17.3 Å². The van der Waals surface area contributed by atoms with Crippen LogP contribution in [0, 0.1) is 5.82 Å². The molecule has 0 spiro atoms. The molecule has 0 heterocycles. The molecule has 0 fully saturated rings. The topological polar surface area (TPSA) is 52.3 Å². The van der Waals surface area contributed by atoms with Crippen molar-refractivity contribution in [1.29, 1.82) is 0 Å². The number of alkyl halides is 2. The van der Waals surface area contributed by atoms with Crippen molar-refractivity contribution < 1.29 is 22.7 Å². The van der Waals surface area contributed by atoms with E-state index in [-0.39, 0.29) is 29.6 Å². The smallest absolute Gasteiger partial charge is 0.379 e. The minimum Gasteiger partial charge on any atom is -0.462 e. The highest BCUT2D eigenvalue weighted by Gasteiger charge is 2.48. The zero-order valence-corrected chi connectivity index (χ0v) is 11.4. The first kappa shape index (κ1) is 18.0. The summed E-state index contributed by atoms with van der Waals surface area (Å²) in [6.07, 6.45) is 0. The Labute approximate surface area is 119 Å². The number of carbonyl (C=O) groups excluding carboxylic acids is 1. The minimum absolute atomic E-state index is 0. The fourth-order valence-electron chi connectivity index (χ4n) is 1.30. The van der Waals surface area contributed by atoms with E-state index in [1.807, 2.05) is 0 Å². The lowest BCUT2D eigenvalue weighted by Gasteiger charge is -2.22. The summed E-state index contributed by atoms with van der Waals surface area (Å²) in [6.45, 7) is 1.17. The molecule has 19 heavy (non-hydrogen) atoms. The fourth-order valence-corrected chi connectivity index (χ4v) is 1.54. The molecule has 0 aliphatic rings. The van der Waals surface area contributed by atoms with Gasteiger partial charge in [0.2, 0.25) is 0 Å². The van der Waals surface area contributed by atoms with E-state index in [0.29, 0.717) is 0 Å². The molecule has 0 aliphatic heterocycles. The summed E-state index contributed by atoms with van der Waals surface area (Å²) < 4.78 is 44.4. The van der Waals surface area contributed by atoms with E-state index in [2.05, 4.69) is 4.74 Å². The number of esters is 1. The van der Waals surface area contributed by atoms with Gasteiger partial charge in [0, 0.05) is 5.02 Å². The maximum Gasteiger partial charge on any atom is 0.379 e. The van der Waals surface area contributed by atoms with Crippen LogP contribution < -0.4 is 5.73 Å². The summed E-state index contributed by atoms with van der Waals surface area (Å²) in [6, 6.07) is 0.786. The first-order valence-corrected chi connectivity index (χ1v) is 5.44. The summed E-state index contributed by atoms with van der Waals surface area (Å²) in [5, 5.41) is -0.145. The van der Waals surface area contributed by atoms with Crippen LogP contribution in [-0.4, -0.2) is 18.5 Å². The van der Waals surface area contributed by atoms with Crippen molar-refractivity contribution in [3.05, 3.63) is 34.6 Å². The predicted molar refractivity (Wildman–Crippen MR) is 67.2 cm³/mol. The summed E-state index contributed by atoms with van der Waals surface area (Å²) in [7, 11) is 0. The van der Waals surface area contributed by atoms with Gasteiger partial charge in [-0.2, -0.15) is 8.78 Å². The second-order valence-corrected chi connectivity index (χ2v) is 3.89. The molecule has 0 bridgehead atoms. The Morgan fingerprint density at radius 1 is 1.53 bits per heavy atom. The van der Waals surface area contributed by atoms with E-state index in [1.165, 1.54) is 6.92 Å². The van der Waals surface area contributed by atoms with Crippen molar-refractivity contribution in [1.82, 2.24) is 0 Å². The molecular formula is C11H12Cl2F3NO2. The van der Waals surface area contributed by atoms with Crippen molar-refractivity contribution in [2.75, 3.05) is 6.61 Å². The molecule has 1 aromatic carbocycles. The van der Waals surface area contributed by atoms with Gasteiger partial charge in [0.1, 0.15) is 11.9 Å². The average molecular weight is 318 g/mol. The summed E-state index contributed by atoms with van der Waals surface area (Å²) >= 11 is 5.65. The van der Waals surface area contributed by atoms with Gasteiger partial charge in [-0.25, -0.2) is 9.18 Å². The Balaban J connectivity index is 0.00000324. The molecule has 0 aromatic heterocycles. The third-order valence-corrected chi connectivity index (χ3v) is 2.58. The third kappa shape index (κ3) is 3.99. The number of hydrogen-bond donors (Lipinski definition) is 1. The first-order chi connectivity index (χ1) is 8.30. The second-order valence-electron chi connectivity index (χ2n) is 3.49. The highest BCUT2D eigenvalue weighted by atomic mass is 35.5. The van der Waals surface area contributed by atoms with Crippen molar-refractivity contribution in [3.63, 3.8) is 0 Å². The molecule has 3 nitrogen and oxygen atoms in total. The largest absolute Gasteiger partial charge is 0.462 e. The molecular weight excluding hydrogens is 306 g/mol. The number of carbonyl (C=O) groups is 1. The standard InChI is InChI=1S/C11H11ClF3NO2.ClH/c1-2-18-10(17)11(14,15)9(16)7-5-6(13)3-4-8(7)12;/h3-5,9H,2,16H2,1H3;1H/t9-;/m0./s1. The molecule has 0 saturated heterocycles. The Bertz CT molecular complexity index is 458. The monoisotopic (exact) mass is 317 g/mol. The van der Waals surface area contributed by atoms with Gasteiger partial charge in [-0.05, 0) is 30.7 Å². The third-order valence-electron chi connectivity index (χ3n) is 2.23. The van der Waals surface area contributed by atoms with Crippen LogP contribution in [0.2, 0.25) is 5.02 Å². The van der Waals surface area contributed by atoms with Crippen LogP contribution in [0.1, 0.15) is 18.5 Å². The molecule has 1 atom stereocenters. The van der Waals surface area contributed by atoms with Crippen LogP contribution in [0.3, 0.4) is 0 Å². The van der Waals surface area contributed by atoms with Crippen molar-refractivity contribution in [3.8, 4) is 0 Å². The molecule has 0 amide bonds. The maximum atomic E-state index is 13.6.